The number of ether oxygens (including phenoxy) is 1. The largest absolute Gasteiger partial charge is 0.374 e. The van der Waals surface area contributed by atoms with Crippen LogP contribution in [0, 0.1) is 0 Å². The van der Waals surface area contributed by atoms with Crippen LogP contribution in [0.25, 0.3) is 0 Å². The van der Waals surface area contributed by atoms with Crippen molar-refractivity contribution in [3.8, 4) is 0 Å². The number of nitrogens with one attached hydrogen (secondary N) is 2. The number of halogens is 2. The van der Waals surface area contributed by atoms with Crippen LogP contribution in [-0.4, -0.2) is 36.2 Å². The molecule has 6 nitrogen and oxygen atoms in total. The lowest BCUT2D eigenvalue weighted by atomic mass is 10.5. The minimum atomic E-state index is -2.44. The van der Waals surface area contributed by atoms with Crippen molar-refractivity contribution < 1.29 is 13.5 Å². The maximum atomic E-state index is 11.7. The number of aromatic nitrogens is 2. The van der Waals surface area contributed by atoms with E-state index in [0.717, 1.165) is 0 Å². The van der Waals surface area contributed by atoms with Gasteiger partial charge in [-0.15, -0.1) is 0 Å². The normalized spacial score (nSPS) is 10.5. The van der Waals surface area contributed by atoms with Gasteiger partial charge in [0, 0.05) is 12.7 Å². The minimum absolute atomic E-state index is 0.180. The van der Waals surface area contributed by atoms with Crippen LogP contribution in [0.2, 0.25) is 0 Å². The van der Waals surface area contributed by atoms with Crippen molar-refractivity contribution in [3.63, 3.8) is 0 Å². The number of anilines is 2. The highest BCUT2D eigenvalue weighted by Gasteiger charge is 2.01. The second-order valence-corrected chi connectivity index (χ2v) is 2.80. The first-order valence-corrected chi connectivity index (χ1v) is 4.62. The molecule has 0 amide bonds. The molecule has 0 aliphatic heterocycles. The van der Waals surface area contributed by atoms with Crippen molar-refractivity contribution in [1.29, 1.82) is 0 Å². The summed E-state index contributed by atoms with van der Waals surface area (Å²) in [5.74, 6) is 5.94. The highest BCUT2D eigenvalue weighted by molar-refractivity contribution is 5.38. The van der Waals surface area contributed by atoms with Gasteiger partial charge in [-0.05, 0) is 6.07 Å². The molecule has 0 bridgehead atoms. The van der Waals surface area contributed by atoms with Crippen LogP contribution in [0.3, 0.4) is 0 Å². The lowest BCUT2D eigenvalue weighted by molar-refractivity contribution is 0.0215. The van der Waals surface area contributed by atoms with Crippen molar-refractivity contribution >= 4 is 11.8 Å². The van der Waals surface area contributed by atoms with Gasteiger partial charge >= 0.3 is 0 Å². The Morgan fingerprint density at radius 3 is 3.00 bits per heavy atom. The number of hydrogen-bond acceptors (Lipinski definition) is 6. The molecule has 90 valence electrons. The summed E-state index contributed by atoms with van der Waals surface area (Å²) in [6.45, 7) is 0.00847. The van der Waals surface area contributed by atoms with Gasteiger partial charge in [0.2, 0.25) is 5.95 Å². The van der Waals surface area contributed by atoms with Gasteiger partial charge in [-0.3, -0.25) is 5.43 Å². The molecule has 0 saturated carbocycles. The van der Waals surface area contributed by atoms with Crippen LogP contribution in [-0.2, 0) is 4.74 Å². The molecule has 0 aromatic carbocycles. The fraction of sp³-hybridized carbons (Fsp3) is 0.500. The number of rotatable bonds is 7. The van der Waals surface area contributed by atoms with Gasteiger partial charge in [0.05, 0.1) is 6.61 Å². The lowest BCUT2D eigenvalue weighted by Gasteiger charge is -2.07. The molecule has 8 heteroatoms. The predicted octanol–water partition coefficient (Wildman–Crippen LogP) is 0.456. The Hall–Kier alpha value is -1.54. The summed E-state index contributed by atoms with van der Waals surface area (Å²) >= 11 is 0. The number of nitrogens with two attached hydrogens (primary N) is 1. The van der Waals surface area contributed by atoms with E-state index in [2.05, 4.69) is 25.4 Å². The Morgan fingerprint density at radius 1 is 1.50 bits per heavy atom. The van der Waals surface area contributed by atoms with Gasteiger partial charge < -0.3 is 10.1 Å². The summed E-state index contributed by atoms with van der Waals surface area (Å²) in [6.07, 6.45) is -0.919. The Labute approximate surface area is 91.2 Å². The maximum Gasteiger partial charge on any atom is 0.261 e. The molecule has 0 spiro atoms. The SMILES string of the molecule is NNc1nccc(NCCOCC(F)F)n1. The Bertz CT molecular complexity index is 312. The van der Waals surface area contributed by atoms with Crippen molar-refractivity contribution in [3.05, 3.63) is 12.3 Å². The average Bonchev–Trinajstić information content (AvgIpc) is 2.28. The smallest absolute Gasteiger partial charge is 0.261 e. The van der Waals surface area contributed by atoms with E-state index in [1.54, 1.807) is 6.07 Å². The van der Waals surface area contributed by atoms with E-state index in [0.29, 0.717) is 12.4 Å². The average molecular weight is 233 g/mol. The third kappa shape index (κ3) is 4.80. The molecule has 1 heterocycles. The van der Waals surface area contributed by atoms with E-state index in [4.69, 9.17) is 5.84 Å². The van der Waals surface area contributed by atoms with Gasteiger partial charge in [-0.2, -0.15) is 4.98 Å². The highest BCUT2D eigenvalue weighted by Crippen LogP contribution is 2.03. The van der Waals surface area contributed by atoms with E-state index >= 15 is 0 Å². The van der Waals surface area contributed by atoms with Crippen LogP contribution in [0.5, 0.6) is 0 Å². The van der Waals surface area contributed by atoms with Gasteiger partial charge in [0.1, 0.15) is 12.4 Å². The Morgan fingerprint density at radius 2 is 2.31 bits per heavy atom. The Kier molecular flexibility index (Phi) is 5.37. The second-order valence-electron chi connectivity index (χ2n) is 2.80. The summed E-state index contributed by atoms with van der Waals surface area (Å²) in [5, 5.41) is 2.88. The van der Waals surface area contributed by atoms with Gasteiger partial charge in [-0.1, -0.05) is 0 Å². The predicted molar refractivity (Wildman–Crippen MR) is 55.2 cm³/mol. The fourth-order valence-corrected chi connectivity index (χ4v) is 0.950. The number of nitrogen functional groups attached to an aromatic ring is 1. The molecule has 0 atom stereocenters. The third-order valence-electron chi connectivity index (χ3n) is 1.58. The van der Waals surface area contributed by atoms with Gasteiger partial charge in [0.15, 0.2) is 0 Å². The molecule has 1 aromatic heterocycles. The number of alkyl halides is 2. The molecule has 0 radical (unpaired) electrons. The second kappa shape index (κ2) is 6.85. The third-order valence-corrected chi connectivity index (χ3v) is 1.58. The van der Waals surface area contributed by atoms with Crippen molar-refractivity contribution in [1.82, 2.24) is 9.97 Å². The number of hydrazine groups is 1. The molecule has 0 saturated heterocycles. The van der Waals surface area contributed by atoms with Crippen LogP contribution in [0.1, 0.15) is 0 Å². The number of nitrogens with zero attached hydrogens (tertiary/aromatic N) is 2. The van der Waals surface area contributed by atoms with Crippen LogP contribution in [0.15, 0.2) is 12.3 Å². The minimum Gasteiger partial charge on any atom is -0.374 e. The van der Waals surface area contributed by atoms with E-state index in [9.17, 15) is 8.78 Å². The summed E-state index contributed by atoms with van der Waals surface area (Å²) in [6, 6.07) is 1.63. The molecule has 0 fully saturated rings. The number of hydrogen-bond donors (Lipinski definition) is 3. The molecule has 0 aliphatic carbocycles. The molecule has 4 N–H and O–H groups in total. The van der Waals surface area contributed by atoms with Crippen LogP contribution >= 0.6 is 0 Å². The zero-order valence-corrected chi connectivity index (χ0v) is 8.49. The lowest BCUT2D eigenvalue weighted by Crippen LogP contribution is -2.15. The first-order valence-electron chi connectivity index (χ1n) is 4.62. The van der Waals surface area contributed by atoms with E-state index < -0.39 is 13.0 Å². The molecular formula is C8H13F2N5O. The van der Waals surface area contributed by atoms with Crippen molar-refractivity contribution in [2.24, 2.45) is 5.84 Å². The summed E-state index contributed by atoms with van der Waals surface area (Å²) in [5.41, 5.74) is 2.29. The van der Waals surface area contributed by atoms with Crippen molar-refractivity contribution in [2.75, 3.05) is 30.5 Å². The van der Waals surface area contributed by atoms with E-state index in [1.807, 2.05) is 0 Å². The quantitative estimate of drug-likeness (QED) is 0.360. The summed E-state index contributed by atoms with van der Waals surface area (Å²) in [7, 11) is 0. The standard InChI is InChI=1S/C8H13F2N5O/c9-6(10)5-16-4-3-12-7-1-2-13-8(14-7)15-11/h1-2,6H,3-5,11H2,(H2,12,13,14,15). The Balaban J connectivity index is 2.21. The fourth-order valence-electron chi connectivity index (χ4n) is 0.950. The monoisotopic (exact) mass is 233 g/mol. The summed E-state index contributed by atoms with van der Waals surface area (Å²) in [4.78, 5) is 7.77. The van der Waals surface area contributed by atoms with Crippen LogP contribution in [0.4, 0.5) is 20.5 Å². The molecule has 0 unspecified atom stereocenters. The van der Waals surface area contributed by atoms with Gasteiger partial charge in [0.25, 0.3) is 6.43 Å². The zero-order chi connectivity index (χ0) is 11.8. The topological polar surface area (TPSA) is 85.1 Å². The molecule has 0 aliphatic rings. The maximum absolute atomic E-state index is 11.7. The van der Waals surface area contributed by atoms with E-state index in [-0.39, 0.29) is 12.6 Å². The zero-order valence-electron chi connectivity index (χ0n) is 8.49. The van der Waals surface area contributed by atoms with Gasteiger partial charge in [-0.25, -0.2) is 19.6 Å². The van der Waals surface area contributed by atoms with E-state index in [1.165, 1.54) is 6.20 Å². The first kappa shape index (κ1) is 12.5. The highest BCUT2D eigenvalue weighted by atomic mass is 19.3. The first-order chi connectivity index (χ1) is 7.72. The molecule has 1 rings (SSSR count). The molecule has 16 heavy (non-hydrogen) atoms. The van der Waals surface area contributed by atoms with Crippen LogP contribution < -0.4 is 16.6 Å². The molecular weight excluding hydrogens is 220 g/mol. The molecule has 1 aromatic rings. The summed E-state index contributed by atoms with van der Waals surface area (Å²) < 4.78 is 28.1. The van der Waals surface area contributed by atoms with Crippen molar-refractivity contribution in [2.45, 2.75) is 6.43 Å².